The molecule has 5 rings (SSSR count). The number of nitrogens with one attached hydrogen (secondary N) is 6. The molecule has 5 amide bonds. The average molecular weight is 840 g/mol. The van der Waals surface area contributed by atoms with Gasteiger partial charge >= 0.3 is 24.3 Å². The van der Waals surface area contributed by atoms with Crippen molar-refractivity contribution < 1.29 is 56.9 Å². The molecule has 0 unspecified atom stereocenters. The van der Waals surface area contributed by atoms with E-state index < -0.39 is 36.0 Å². The smallest absolute Gasteiger partial charge is 0.475 e. The normalized spacial score (nSPS) is 15.6. The van der Waals surface area contributed by atoms with Crippen LogP contribution in [0.25, 0.3) is 22.0 Å². The minimum atomic E-state index is -5.08. The molecule has 3 aromatic carbocycles. The summed E-state index contributed by atoms with van der Waals surface area (Å²) < 4.78 is 36.9. The summed E-state index contributed by atoms with van der Waals surface area (Å²) in [6.07, 6.45) is -2.12. The number of aromatic nitrogens is 2. The molecule has 1 heterocycles. The van der Waals surface area contributed by atoms with Crippen LogP contribution in [0.15, 0.2) is 72.9 Å². The summed E-state index contributed by atoms with van der Waals surface area (Å²) in [7, 11) is 0. The number of aliphatic carboxylic acids is 1. The summed E-state index contributed by atoms with van der Waals surface area (Å²) >= 11 is 0. The number of amides is 5. The predicted octanol–water partition coefficient (Wildman–Crippen LogP) is 5.86. The molecule has 1 saturated carbocycles. The highest BCUT2D eigenvalue weighted by molar-refractivity contribution is 5.99. The standard InChI is InChI=1S/C39H47N7O7.C2HF3O2/c1-39(2,3)53-38(52)41-18-17-40-34(47)27-13-11-26(12-14-27)29-6-4-5-25(19-29)20-33(36(49)44-31-16-15-30-23-43-46-32(30)21-31)45-35(48)28-9-7-24(8-10-28)22-42-37(50)51;3-2(4,5)1(6)7/h4-6,11-16,19,21,23-24,28,33,42H,7-10,17-18,20,22H2,1-3H3,(H,40,47)(H,41,52)(H,43,46)(H,44,49)(H,45,48)(H,50,51);(H,6,7)/t24-,28-,33-;/m0./s1. The van der Waals surface area contributed by atoms with Crippen LogP contribution in [0.1, 0.15) is 62.4 Å². The first-order valence-corrected chi connectivity index (χ1v) is 19.0. The first kappa shape index (κ1) is 46.0. The van der Waals surface area contributed by atoms with Gasteiger partial charge in [-0.3, -0.25) is 19.5 Å². The summed E-state index contributed by atoms with van der Waals surface area (Å²) in [5.41, 5.74) is 3.75. The van der Waals surface area contributed by atoms with Crippen molar-refractivity contribution in [2.24, 2.45) is 11.8 Å². The molecule has 0 saturated heterocycles. The Balaban J connectivity index is 0.00000104. The molecule has 0 bridgehead atoms. The van der Waals surface area contributed by atoms with Gasteiger partial charge in [0.25, 0.3) is 5.91 Å². The van der Waals surface area contributed by atoms with Crippen molar-refractivity contribution in [3.05, 3.63) is 84.1 Å². The number of carboxylic acids is 1. The summed E-state index contributed by atoms with van der Waals surface area (Å²) in [5, 5.41) is 37.7. The Morgan fingerprint density at radius 3 is 2.15 bits per heavy atom. The number of carbonyl (C=O) groups is 6. The minimum Gasteiger partial charge on any atom is -0.475 e. The number of hydrogen-bond donors (Lipinski definition) is 8. The predicted molar refractivity (Wildman–Crippen MR) is 214 cm³/mol. The molecule has 0 spiro atoms. The Bertz CT molecular complexity index is 2130. The zero-order chi connectivity index (χ0) is 44.0. The molecule has 0 radical (unpaired) electrons. The molecule has 0 aliphatic heterocycles. The van der Waals surface area contributed by atoms with Crippen molar-refractivity contribution in [1.82, 2.24) is 31.5 Å². The maximum Gasteiger partial charge on any atom is 0.490 e. The lowest BCUT2D eigenvalue weighted by Gasteiger charge is -2.29. The van der Waals surface area contributed by atoms with E-state index in [9.17, 15) is 37.1 Å². The Kier molecular flexibility index (Phi) is 16.0. The average Bonchev–Trinajstić information content (AvgIpc) is 3.66. The van der Waals surface area contributed by atoms with Gasteiger partial charge in [0.05, 0.1) is 11.7 Å². The fourth-order valence-electron chi connectivity index (χ4n) is 6.29. The van der Waals surface area contributed by atoms with Crippen molar-refractivity contribution in [3.63, 3.8) is 0 Å². The topological polar surface area (TPSA) is 241 Å². The summed E-state index contributed by atoms with van der Waals surface area (Å²) in [4.78, 5) is 71.6. The number of benzene rings is 3. The quantitative estimate of drug-likeness (QED) is 0.0747. The lowest BCUT2D eigenvalue weighted by molar-refractivity contribution is -0.192. The maximum absolute atomic E-state index is 13.8. The second-order valence-electron chi connectivity index (χ2n) is 15.1. The Morgan fingerprint density at radius 2 is 1.52 bits per heavy atom. The number of carboxylic acid groups (broad SMARTS) is 2. The van der Waals surface area contributed by atoms with E-state index in [0.29, 0.717) is 43.5 Å². The van der Waals surface area contributed by atoms with Gasteiger partial charge in [-0.1, -0.05) is 36.4 Å². The number of halogens is 3. The second kappa shape index (κ2) is 20.9. The van der Waals surface area contributed by atoms with Crippen LogP contribution in [0, 0.1) is 11.8 Å². The van der Waals surface area contributed by atoms with Crippen LogP contribution in [-0.4, -0.2) is 93.7 Å². The van der Waals surface area contributed by atoms with Gasteiger partial charge in [-0.15, -0.1) is 0 Å². The van der Waals surface area contributed by atoms with Crippen LogP contribution in [0.2, 0.25) is 0 Å². The number of alkyl halides is 3. The van der Waals surface area contributed by atoms with Crippen LogP contribution >= 0.6 is 0 Å². The maximum atomic E-state index is 13.8. The fourth-order valence-corrected chi connectivity index (χ4v) is 6.29. The lowest BCUT2D eigenvalue weighted by Crippen LogP contribution is -2.48. The fraction of sp³-hybridized carbons (Fsp3) is 0.390. The first-order chi connectivity index (χ1) is 28.3. The third-order valence-electron chi connectivity index (χ3n) is 9.27. The van der Waals surface area contributed by atoms with Crippen molar-refractivity contribution in [1.29, 1.82) is 0 Å². The Labute approximate surface area is 343 Å². The summed E-state index contributed by atoms with van der Waals surface area (Å²) in [6.45, 7) is 6.13. The number of alkyl carbamates (subject to hydrolysis) is 1. The van der Waals surface area contributed by atoms with Crippen molar-refractivity contribution in [2.45, 2.75) is 70.7 Å². The summed E-state index contributed by atoms with van der Waals surface area (Å²) in [6, 6.07) is 19.4. The molecular weight excluding hydrogens is 791 g/mol. The number of anilines is 1. The van der Waals surface area contributed by atoms with E-state index in [4.69, 9.17) is 19.7 Å². The van der Waals surface area contributed by atoms with Gasteiger partial charge in [0, 0.05) is 48.6 Å². The molecule has 1 fully saturated rings. The highest BCUT2D eigenvalue weighted by Gasteiger charge is 2.38. The monoisotopic (exact) mass is 839 g/mol. The van der Waals surface area contributed by atoms with E-state index in [1.165, 1.54) is 0 Å². The van der Waals surface area contributed by atoms with Crippen molar-refractivity contribution >= 4 is 52.5 Å². The SMILES string of the molecule is CC(C)(C)OC(=O)NCCNC(=O)c1ccc(-c2cccc(C[C@H](NC(=O)[C@H]3CC[C@H](CNC(=O)O)CC3)C(=O)Nc3ccc4cn[nH]c4c3)c2)cc1.O=C(O)C(F)(F)F. The third kappa shape index (κ3) is 14.9. The van der Waals surface area contributed by atoms with Crippen LogP contribution in [0.5, 0.6) is 0 Å². The van der Waals surface area contributed by atoms with Gasteiger partial charge in [-0.2, -0.15) is 18.3 Å². The first-order valence-electron chi connectivity index (χ1n) is 19.0. The molecule has 1 aliphatic rings. The molecule has 16 nitrogen and oxygen atoms in total. The van der Waals surface area contributed by atoms with E-state index in [0.717, 1.165) is 27.6 Å². The van der Waals surface area contributed by atoms with E-state index in [-0.39, 0.29) is 49.1 Å². The van der Waals surface area contributed by atoms with Gasteiger partial charge in [-0.05, 0) is 99.4 Å². The Morgan fingerprint density at radius 1 is 0.850 bits per heavy atom. The van der Waals surface area contributed by atoms with E-state index >= 15 is 0 Å². The molecule has 322 valence electrons. The number of carbonyl (C=O) groups excluding carboxylic acids is 4. The number of fused-ring (bicyclic) bond motifs is 1. The van der Waals surface area contributed by atoms with Gasteiger partial charge in [-0.25, -0.2) is 14.4 Å². The molecule has 60 heavy (non-hydrogen) atoms. The molecule has 8 N–H and O–H groups in total. The number of nitrogens with zero attached hydrogens (tertiary/aromatic N) is 1. The van der Waals surface area contributed by atoms with Gasteiger partial charge < -0.3 is 41.5 Å². The van der Waals surface area contributed by atoms with Crippen LogP contribution < -0.4 is 26.6 Å². The number of H-pyrrole nitrogens is 1. The number of rotatable bonds is 13. The number of aromatic amines is 1. The van der Waals surface area contributed by atoms with Gasteiger partial charge in [0.2, 0.25) is 11.8 Å². The lowest BCUT2D eigenvalue weighted by atomic mass is 9.81. The Hall–Kier alpha value is -6.66. The number of hydrogen-bond acceptors (Lipinski definition) is 8. The minimum absolute atomic E-state index is 0.172. The van der Waals surface area contributed by atoms with E-state index in [1.54, 1.807) is 51.2 Å². The van der Waals surface area contributed by atoms with Crippen molar-refractivity contribution in [2.75, 3.05) is 25.0 Å². The van der Waals surface area contributed by atoms with Gasteiger partial charge in [0.1, 0.15) is 11.6 Å². The highest BCUT2D eigenvalue weighted by atomic mass is 19.4. The second-order valence-corrected chi connectivity index (χ2v) is 15.1. The molecule has 1 aromatic heterocycles. The zero-order valence-electron chi connectivity index (χ0n) is 33.2. The third-order valence-corrected chi connectivity index (χ3v) is 9.27. The summed E-state index contributed by atoms with van der Waals surface area (Å²) in [5.74, 6) is -3.71. The van der Waals surface area contributed by atoms with Crippen LogP contribution in [-0.2, 0) is 25.5 Å². The van der Waals surface area contributed by atoms with Crippen LogP contribution in [0.3, 0.4) is 0 Å². The highest BCUT2D eigenvalue weighted by Crippen LogP contribution is 2.29. The largest absolute Gasteiger partial charge is 0.490 e. The van der Waals surface area contributed by atoms with E-state index in [2.05, 4.69) is 36.8 Å². The van der Waals surface area contributed by atoms with E-state index in [1.807, 2.05) is 42.5 Å². The van der Waals surface area contributed by atoms with Gasteiger partial charge in [0.15, 0.2) is 0 Å². The molecule has 19 heteroatoms. The zero-order valence-corrected chi connectivity index (χ0v) is 33.2. The molecular formula is C41H48F3N7O9. The molecule has 1 aliphatic carbocycles. The van der Waals surface area contributed by atoms with Crippen LogP contribution in [0.4, 0.5) is 28.4 Å². The number of ether oxygens (including phenoxy) is 1. The molecule has 1 atom stereocenters. The molecule has 4 aromatic rings. The van der Waals surface area contributed by atoms with Crippen molar-refractivity contribution in [3.8, 4) is 11.1 Å².